The van der Waals surface area contributed by atoms with Crippen LogP contribution in [0.1, 0.15) is 18.3 Å². The molecular formula is C9H13N3. The zero-order valence-corrected chi connectivity index (χ0v) is 7.20. The fraction of sp³-hybridized carbons (Fsp3) is 0.333. The first-order chi connectivity index (χ1) is 5.88. The van der Waals surface area contributed by atoms with Crippen molar-refractivity contribution in [2.45, 2.75) is 12.5 Å². The van der Waals surface area contributed by atoms with Crippen LogP contribution in [0, 0.1) is 0 Å². The highest BCUT2D eigenvalue weighted by molar-refractivity contribution is 4.97. The molecule has 0 aliphatic rings. The van der Waals surface area contributed by atoms with E-state index in [1.165, 1.54) is 0 Å². The predicted octanol–water partition coefficient (Wildman–Crippen LogP) is 1.31. The van der Waals surface area contributed by atoms with Crippen molar-refractivity contribution in [1.82, 2.24) is 15.3 Å². The van der Waals surface area contributed by atoms with Gasteiger partial charge in [-0.3, -0.25) is 0 Å². The number of hydrogen-bond acceptors (Lipinski definition) is 3. The molecule has 0 aromatic carbocycles. The Kier molecular flexibility index (Phi) is 3.41. The lowest BCUT2D eigenvalue weighted by atomic mass is 10.2. The van der Waals surface area contributed by atoms with Gasteiger partial charge in [-0.15, -0.1) is 6.58 Å². The Morgan fingerprint density at radius 3 is 2.75 bits per heavy atom. The number of aromatic nitrogens is 2. The average molecular weight is 163 g/mol. The second kappa shape index (κ2) is 4.62. The van der Waals surface area contributed by atoms with Gasteiger partial charge in [-0.1, -0.05) is 6.08 Å². The van der Waals surface area contributed by atoms with Gasteiger partial charge in [0.1, 0.15) is 5.82 Å². The highest BCUT2D eigenvalue weighted by Gasteiger charge is 2.08. The van der Waals surface area contributed by atoms with E-state index in [0.717, 1.165) is 12.2 Å². The van der Waals surface area contributed by atoms with Crippen LogP contribution in [0.3, 0.4) is 0 Å². The molecule has 1 aromatic heterocycles. The maximum atomic E-state index is 4.15. The van der Waals surface area contributed by atoms with Gasteiger partial charge in [0.2, 0.25) is 0 Å². The van der Waals surface area contributed by atoms with Gasteiger partial charge in [-0.2, -0.15) is 0 Å². The first kappa shape index (κ1) is 8.87. The standard InChI is InChI=1S/C9H13N3/c1-3-5-8(10-2)9-11-6-4-7-12-9/h3-4,6-8,10H,1,5H2,2H3. The first-order valence-electron chi connectivity index (χ1n) is 3.93. The molecule has 0 saturated heterocycles. The van der Waals surface area contributed by atoms with Gasteiger partial charge in [-0.25, -0.2) is 9.97 Å². The van der Waals surface area contributed by atoms with E-state index in [9.17, 15) is 0 Å². The van der Waals surface area contributed by atoms with E-state index in [2.05, 4.69) is 21.9 Å². The molecule has 0 radical (unpaired) electrons. The lowest BCUT2D eigenvalue weighted by molar-refractivity contribution is 0.567. The van der Waals surface area contributed by atoms with Crippen molar-refractivity contribution < 1.29 is 0 Å². The fourth-order valence-electron chi connectivity index (χ4n) is 1.01. The van der Waals surface area contributed by atoms with Gasteiger partial charge >= 0.3 is 0 Å². The van der Waals surface area contributed by atoms with Gasteiger partial charge in [0.05, 0.1) is 6.04 Å². The highest BCUT2D eigenvalue weighted by atomic mass is 15.0. The second-order valence-electron chi connectivity index (χ2n) is 2.47. The normalized spacial score (nSPS) is 12.4. The first-order valence-corrected chi connectivity index (χ1v) is 3.93. The maximum Gasteiger partial charge on any atom is 0.145 e. The number of hydrogen-bond donors (Lipinski definition) is 1. The van der Waals surface area contributed by atoms with Crippen molar-refractivity contribution in [3.05, 3.63) is 36.9 Å². The van der Waals surface area contributed by atoms with E-state index < -0.39 is 0 Å². The number of nitrogens with one attached hydrogen (secondary N) is 1. The number of rotatable bonds is 4. The van der Waals surface area contributed by atoms with E-state index in [1.54, 1.807) is 12.4 Å². The molecular weight excluding hydrogens is 150 g/mol. The van der Waals surface area contributed by atoms with Crippen molar-refractivity contribution in [2.75, 3.05) is 7.05 Å². The van der Waals surface area contributed by atoms with Crippen molar-refractivity contribution in [3.63, 3.8) is 0 Å². The second-order valence-corrected chi connectivity index (χ2v) is 2.47. The summed E-state index contributed by atoms with van der Waals surface area (Å²) in [6.07, 6.45) is 6.20. The minimum Gasteiger partial charge on any atom is -0.310 e. The lowest BCUT2D eigenvalue weighted by Crippen LogP contribution is -2.17. The Labute approximate surface area is 72.6 Å². The molecule has 1 atom stereocenters. The van der Waals surface area contributed by atoms with Crippen LogP contribution in [0.2, 0.25) is 0 Å². The molecule has 0 aliphatic heterocycles. The van der Waals surface area contributed by atoms with Crippen LogP contribution in [0.5, 0.6) is 0 Å². The van der Waals surface area contributed by atoms with Crippen LogP contribution in [-0.2, 0) is 0 Å². The highest BCUT2D eigenvalue weighted by Crippen LogP contribution is 2.09. The molecule has 3 nitrogen and oxygen atoms in total. The third-order valence-electron chi connectivity index (χ3n) is 1.65. The molecule has 0 aliphatic carbocycles. The molecule has 0 spiro atoms. The largest absolute Gasteiger partial charge is 0.310 e. The summed E-state index contributed by atoms with van der Waals surface area (Å²) < 4.78 is 0. The molecule has 0 fully saturated rings. The van der Waals surface area contributed by atoms with Crippen LogP contribution < -0.4 is 5.32 Å². The van der Waals surface area contributed by atoms with E-state index in [-0.39, 0.29) is 6.04 Å². The molecule has 0 saturated carbocycles. The van der Waals surface area contributed by atoms with Gasteiger partial charge in [0, 0.05) is 12.4 Å². The summed E-state index contributed by atoms with van der Waals surface area (Å²) in [5.41, 5.74) is 0. The molecule has 3 heteroatoms. The average Bonchev–Trinajstić information content (AvgIpc) is 2.15. The third kappa shape index (κ3) is 2.13. The number of nitrogens with zero attached hydrogens (tertiary/aromatic N) is 2. The Morgan fingerprint density at radius 2 is 2.25 bits per heavy atom. The Bertz CT molecular complexity index is 233. The van der Waals surface area contributed by atoms with Crippen molar-refractivity contribution >= 4 is 0 Å². The Hall–Kier alpha value is -1.22. The zero-order valence-electron chi connectivity index (χ0n) is 7.20. The predicted molar refractivity (Wildman–Crippen MR) is 48.6 cm³/mol. The summed E-state index contributed by atoms with van der Waals surface area (Å²) in [4.78, 5) is 8.29. The third-order valence-corrected chi connectivity index (χ3v) is 1.65. The summed E-state index contributed by atoms with van der Waals surface area (Å²) >= 11 is 0. The van der Waals surface area contributed by atoms with Crippen LogP contribution in [-0.4, -0.2) is 17.0 Å². The van der Waals surface area contributed by atoms with E-state index in [1.807, 2.05) is 19.2 Å². The molecule has 1 unspecified atom stereocenters. The molecule has 1 aromatic rings. The van der Waals surface area contributed by atoms with Crippen LogP contribution >= 0.6 is 0 Å². The fourth-order valence-corrected chi connectivity index (χ4v) is 1.01. The topological polar surface area (TPSA) is 37.8 Å². The maximum absolute atomic E-state index is 4.15. The van der Waals surface area contributed by atoms with Crippen molar-refractivity contribution in [2.24, 2.45) is 0 Å². The summed E-state index contributed by atoms with van der Waals surface area (Å²) in [6, 6.07) is 1.99. The Morgan fingerprint density at radius 1 is 1.58 bits per heavy atom. The summed E-state index contributed by atoms with van der Waals surface area (Å²) in [5.74, 6) is 0.819. The Balaban J connectivity index is 2.72. The summed E-state index contributed by atoms with van der Waals surface area (Å²) in [5, 5.41) is 3.12. The minimum atomic E-state index is 0.184. The summed E-state index contributed by atoms with van der Waals surface area (Å²) in [6.45, 7) is 3.68. The smallest absolute Gasteiger partial charge is 0.145 e. The van der Waals surface area contributed by atoms with Crippen molar-refractivity contribution in [1.29, 1.82) is 0 Å². The molecule has 1 heterocycles. The minimum absolute atomic E-state index is 0.184. The van der Waals surface area contributed by atoms with E-state index in [4.69, 9.17) is 0 Å². The van der Waals surface area contributed by atoms with Gasteiger partial charge in [0.25, 0.3) is 0 Å². The van der Waals surface area contributed by atoms with Gasteiger partial charge < -0.3 is 5.32 Å². The van der Waals surface area contributed by atoms with Gasteiger partial charge in [-0.05, 0) is 19.5 Å². The molecule has 12 heavy (non-hydrogen) atoms. The van der Waals surface area contributed by atoms with Crippen LogP contribution in [0.25, 0.3) is 0 Å². The SMILES string of the molecule is C=CCC(NC)c1ncccn1. The van der Waals surface area contributed by atoms with E-state index >= 15 is 0 Å². The summed E-state index contributed by atoms with van der Waals surface area (Å²) in [7, 11) is 1.89. The van der Waals surface area contributed by atoms with Crippen LogP contribution in [0.15, 0.2) is 31.1 Å². The monoisotopic (exact) mass is 163 g/mol. The van der Waals surface area contributed by atoms with Crippen LogP contribution in [0.4, 0.5) is 0 Å². The molecule has 1 rings (SSSR count). The quantitative estimate of drug-likeness (QED) is 0.680. The molecule has 0 bridgehead atoms. The van der Waals surface area contributed by atoms with Gasteiger partial charge in [0.15, 0.2) is 0 Å². The lowest BCUT2D eigenvalue weighted by Gasteiger charge is -2.10. The molecule has 1 N–H and O–H groups in total. The molecule has 64 valence electrons. The van der Waals surface area contributed by atoms with E-state index in [0.29, 0.717) is 0 Å². The molecule has 0 amide bonds. The zero-order chi connectivity index (χ0) is 8.81. The van der Waals surface area contributed by atoms with Crippen molar-refractivity contribution in [3.8, 4) is 0 Å².